The minimum absolute atomic E-state index is 0.0328. The van der Waals surface area contributed by atoms with Gasteiger partial charge in [0.2, 0.25) is 0 Å². The lowest BCUT2D eigenvalue weighted by atomic mass is 10.1. The molecule has 0 atom stereocenters. The maximum Gasteiger partial charge on any atom is 0.306 e. The second-order valence-corrected chi connectivity index (χ2v) is 7.79. The van der Waals surface area contributed by atoms with Crippen LogP contribution >= 0.6 is 0 Å². The maximum absolute atomic E-state index is 12.3. The van der Waals surface area contributed by atoms with Gasteiger partial charge in [-0.15, -0.1) is 0 Å². The number of rotatable bonds is 8. The summed E-state index contributed by atoms with van der Waals surface area (Å²) in [5.41, 5.74) is 5.66. The Labute approximate surface area is 187 Å². The second-order valence-electron chi connectivity index (χ2n) is 7.79. The molecular formula is C25H27N3O4. The first-order chi connectivity index (χ1) is 15.2. The van der Waals surface area contributed by atoms with E-state index in [4.69, 9.17) is 4.74 Å². The van der Waals surface area contributed by atoms with Gasteiger partial charge in [0.1, 0.15) is 0 Å². The molecule has 0 aliphatic rings. The Morgan fingerprint density at radius 1 is 0.875 bits per heavy atom. The highest BCUT2D eigenvalue weighted by molar-refractivity contribution is 5.98. The number of carbonyl (C=O) groups is 3. The van der Waals surface area contributed by atoms with Gasteiger partial charge in [0.05, 0.1) is 29.2 Å². The van der Waals surface area contributed by atoms with Crippen LogP contribution in [0.5, 0.6) is 0 Å². The summed E-state index contributed by atoms with van der Waals surface area (Å²) in [6.45, 7) is 7.18. The fourth-order valence-corrected chi connectivity index (χ4v) is 3.25. The van der Waals surface area contributed by atoms with Crippen LogP contribution in [0.25, 0.3) is 5.69 Å². The molecule has 0 bridgehead atoms. The van der Waals surface area contributed by atoms with Crippen molar-refractivity contribution in [3.05, 3.63) is 76.6 Å². The molecule has 32 heavy (non-hydrogen) atoms. The minimum Gasteiger partial charge on any atom is -0.456 e. The zero-order chi connectivity index (χ0) is 23.3. The van der Waals surface area contributed by atoms with Gasteiger partial charge in [-0.1, -0.05) is 47.5 Å². The third-order valence-corrected chi connectivity index (χ3v) is 5.13. The van der Waals surface area contributed by atoms with Gasteiger partial charge in [0, 0.05) is 12.0 Å². The predicted molar refractivity (Wildman–Crippen MR) is 122 cm³/mol. The highest BCUT2D eigenvalue weighted by Gasteiger charge is 2.17. The Morgan fingerprint density at radius 2 is 1.47 bits per heavy atom. The van der Waals surface area contributed by atoms with Crippen molar-refractivity contribution in [3.8, 4) is 5.69 Å². The summed E-state index contributed by atoms with van der Waals surface area (Å²) in [5, 5.41) is 7.26. The molecule has 0 aliphatic heterocycles. The number of anilines is 1. The molecule has 0 spiro atoms. The molecule has 0 aliphatic carbocycles. The van der Waals surface area contributed by atoms with Crippen molar-refractivity contribution in [2.45, 2.75) is 40.5 Å². The zero-order valence-corrected chi connectivity index (χ0v) is 18.8. The molecule has 7 heteroatoms. The quantitative estimate of drug-likeness (QED) is 0.424. The third kappa shape index (κ3) is 5.69. The molecule has 1 heterocycles. The van der Waals surface area contributed by atoms with Crippen molar-refractivity contribution in [2.24, 2.45) is 0 Å². The molecule has 7 nitrogen and oxygen atoms in total. The van der Waals surface area contributed by atoms with Crippen LogP contribution in [0.4, 0.5) is 5.69 Å². The van der Waals surface area contributed by atoms with Crippen LogP contribution < -0.4 is 5.32 Å². The Balaban J connectivity index is 1.51. The number of hydrogen-bond donors (Lipinski definition) is 1. The van der Waals surface area contributed by atoms with Crippen LogP contribution in [0.1, 0.15) is 45.7 Å². The molecule has 0 unspecified atom stereocenters. The zero-order valence-electron chi connectivity index (χ0n) is 18.8. The molecule has 0 radical (unpaired) electrons. The number of ether oxygens (including phenoxy) is 1. The molecule has 0 saturated carbocycles. The Morgan fingerprint density at radius 3 is 2.09 bits per heavy atom. The number of aromatic nitrogens is 2. The Hall–Kier alpha value is -3.74. The molecule has 1 N–H and O–H groups in total. The van der Waals surface area contributed by atoms with E-state index in [1.807, 2.05) is 57.2 Å². The van der Waals surface area contributed by atoms with E-state index in [9.17, 15) is 14.4 Å². The van der Waals surface area contributed by atoms with E-state index < -0.39 is 18.5 Å². The molecule has 1 amide bonds. The number of benzene rings is 2. The van der Waals surface area contributed by atoms with E-state index in [2.05, 4.69) is 10.4 Å². The van der Waals surface area contributed by atoms with Crippen molar-refractivity contribution >= 4 is 23.3 Å². The molecule has 0 fully saturated rings. The number of amides is 1. The van der Waals surface area contributed by atoms with Crippen molar-refractivity contribution < 1.29 is 19.1 Å². The van der Waals surface area contributed by atoms with Crippen LogP contribution in [-0.4, -0.2) is 34.0 Å². The number of hydrogen-bond acceptors (Lipinski definition) is 5. The minimum atomic E-state index is -0.593. The first-order valence-electron chi connectivity index (χ1n) is 10.4. The normalized spacial score (nSPS) is 10.6. The van der Waals surface area contributed by atoms with E-state index in [1.165, 1.54) is 0 Å². The molecule has 2 aromatic carbocycles. The van der Waals surface area contributed by atoms with Gasteiger partial charge in [-0.25, -0.2) is 4.68 Å². The van der Waals surface area contributed by atoms with Crippen molar-refractivity contribution in [1.29, 1.82) is 0 Å². The van der Waals surface area contributed by atoms with Gasteiger partial charge in [-0.05, 0) is 39.8 Å². The summed E-state index contributed by atoms with van der Waals surface area (Å²) in [5.74, 6) is -1.19. The number of aryl methyl sites for hydroxylation is 3. The highest BCUT2D eigenvalue weighted by Crippen LogP contribution is 2.23. The van der Waals surface area contributed by atoms with Crippen molar-refractivity contribution in [3.63, 3.8) is 0 Å². The summed E-state index contributed by atoms with van der Waals surface area (Å²) in [6, 6.07) is 15.1. The van der Waals surface area contributed by atoms with Crippen LogP contribution in [0.2, 0.25) is 0 Å². The number of nitrogens with one attached hydrogen (secondary N) is 1. The fourth-order valence-electron chi connectivity index (χ4n) is 3.25. The summed E-state index contributed by atoms with van der Waals surface area (Å²) in [6.07, 6.45) is -0.0472. The first kappa shape index (κ1) is 22.9. The molecular weight excluding hydrogens is 406 g/mol. The van der Waals surface area contributed by atoms with Crippen LogP contribution in [0, 0.1) is 27.7 Å². The predicted octanol–water partition coefficient (Wildman–Crippen LogP) is 4.25. The van der Waals surface area contributed by atoms with Gasteiger partial charge in [-0.3, -0.25) is 14.4 Å². The molecule has 0 saturated heterocycles. The van der Waals surface area contributed by atoms with E-state index in [0.29, 0.717) is 16.9 Å². The van der Waals surface area contributed by atoms with Gasteiger partial charge < -0.3 is 10.1 Å². The second kappa shape index (κ2) is 10.0. The summed E-state index contributed by atoms with van der Waals surface area (Å²) in [4.78, 5) is 36.4. The molecule has 166 valence electrons. The Kier molecular flexibility index (Phi) is 7.20. The largest absolute Gasteiger partial charge is 0.456 e. The van der Waals surface area contributed by atoms with Gasteiger partial charge in [0.25, 0.3) is 5.91 Å². The first-order valence-corrected chi connectivity index (χ1v) is 10.4. The number of ketones is 1. The summed E-state index contributed by atoms with van der Waals surface area (Å²) >= 11 is 0. The topological polar surface area (TPSA) is 90.3 Å². The standard InChI is InChI=1S/C25H27N3O4/c1-16-5-9-20(10-6-16)22(29)13-14-24(31)32-15-23(30)26-25-18(3)27-28(19(25)4)21-11-7-17(2)8-12-21/h5-12H,13-15H2,1-4H3,(H,26,30). The Bertz CT molecular complexity index is 1130. The average Bonchev–Trinajstić information content (AvgIpc) is 3.05. The lowest BCUT2D eigenvalue weighted by Gasteiger charge is -2.08. The number of carbonyl (C=O) groups excluding carboxylic acids is 3. The molecule has 3 aromatic rings. The SMILES string of the molecule is Cc1ccc(C(=O)CCC(=O)OCC(=O)Nc2c(C)nn(-c3ccc(C)cc3)c2C)cc1. The highest BCUT2D eigenvalue weighted by atomic mass is 16.5. The molecule has 3 rings (SSSR count). The van der Waals surface area contributed by atoms with Crippen molar-refractivity contribution in [2.75, 3.05) is 11.9 Å². The number of nitrogens with zero attached hydrogens (tertiary/aromatic N) is 2. The van der Waals surface area contributed by atoms with Gasteiger partial charge in [0.15, 0.2) is 12.4 Å². The van der Waals surface area contributed by atoms with E-state index in [1.54, 1.807) is 23.7 Å². The fraction of sp³-hybridized carbons (Fsp3) is 0.280. The van der Waals surface area contributed by atoms with Gasteiger partial charge in [-0.2, -0.15) is 5.10 Å². The van der Waals surface area contributed by atoms with Crippen LogP contribution in [0.3, 0.4) is 0 Å². The smallest absolute Gasteiger partial charge is 0.306 e. The summed E-state index contributed by atoms with van der Waals surface area (Å²) in [7, 11) is 0. The van der Waals surface area contributed by atoms with Crippen LogP contribution in [0.15, 0.2) is 48.5 Å². The third-order valence-electron chi connectivity index (χ3n) is 5.13. The number of Topliss-reactive ketones (excluding diaryl/α,β-unsaturated/α-hetero) is 1. The molecule has 1 aromatic heterocycles. The summed E-state index contributed by atoms with van der Waals surface area (Å²) < 4.78 is 6.79. The van der Waals surface area contributed by atoms with E-state index >= 15 is 0 Å². The monoisotopic (exact) mass is 433 g/mol. The van der Waals surface area contributed by atoms with Crippen LogP contribution in [-0.2, 0) is 14.3 Å². The van der Waals surface area contributed by atoms with Crippen molar-refractivity contribution in [1.82, 2.24) is 9.78 Å². The lowest BCUT2D eigenvalue weighted by Crippen LogP contribution is -2.21. The number of esters is 1. The van der Waals surface area contributed by atoms with E-state index in [-0.39, 0.29) is 18.6 Å². The maximum atomic E-state index is 12.3. The lowest BCUT2D eigenvalue weighted by molar-refractivity contribution is -0.147. The average molecular weight is 434 g/mol. The van der Waals surface area contributed by atoms with E-state index in [0.717, 1.165) is 22.5 Å². The van der Waals surface area contributed by atoms with Gasteiger partial charge >= 0.3 is 5.97 Å².